The fourth-order valence-electron chi connectivity index (χ4n) is 0.783. The Bertz CT molecular complexity index is 280. The van der Waals surface area contributed by atoms with Gasteiger partial charge in [0.25, 0.3) is 0 Å². The maximum atomic E-state index is 8.61. The highest BCUT2D eigenvalue weighted by molar-refractivity contribution is 4.79. The van der Waals surface area contributed by atoms with Crippen LogP contribution in [0.4, 0.5) is 0 Å². The molecule has 0 unspecified atom stereocenters. The Morgan fingerprint density at radius 1 is 1.73 bits per heavy atom. The molecule has 5 nitrogen and oxygen atoms in total. The minimum atomic E-state index is 0.0544. The van der Waals surface area contributed by atoms with Crippen molar-refractivity contribution in [2.24, 2.45) is 10.9 Å². The van der Waals surface area contributed by atoms with Crippen LogP contribution in [0.25, 0.3) is 0 Å². The molecule has 0 aliphatic heterocycles. The van der Waals surface area contributed by atoms with Crippen LogP contribution in [-0.4, -0.2) is 21.3 Å². The second-order valence-electron chi connectivity index (χ2n) is 1.97. The fraction of sp³-hybridized carbons (Fsp3) is 0.333. The normalized spacial score (nSPS) is 11.9. The first-order valence-electron chi connectivity index (χ1n) is 3.24. The fourth-order valence-corrected chi connectivity index (χ4v) is 0.783. The zero-order valence-corrected chi connectivity index (χ0v) is 6.01. The number of nitrogens with zero attached hydrogens (tertiary/aromatic N) is 3. The van der Waals surface area contributed by atoms with E-state index in [0.29, 0.717) is 12.2 Å². The van der Waals surface area contributed by atoms with Crippen LogP contribution in [0.1, 0.15) is 0 Å². The molecule has 0 fully saturated rings. The first kappa shape index (κ1) is 7.74. The molecule has 0 spiro atoms. The molecule has 0 saturated heterocycles. The third kappa shape index (κ3) is 1.78. The number of rotatable bonds is 2. The summed E-state index contributed by atoms with van der Waals surface area (Å²) in [6.07, 6.45) is 3.36. The van der Waals surface area contributed by atoms with Gasteiger partial charge in [0.2, 0.25) is 5.62 Å². The minimum Gasteiger partial charge on any atom is -0.395 e. The summed E-state index contributed by atoms with van der Waals surface area (Å²) in [5.74, 6) is 5.04. The summed E-state index contributed by atoms with van der Waals surface area (Å²) in [6.45, 7) is 0.517. The summed E-state index contributed by atoms with van der Waals surface area (Å²) < 4.78 is 1.67. The number of hydrogen-bond acceptors (Lipinski definition) is 4. The molecule has 0 bridgehead atoms. The number of aliphatic hydroxyl groups excluding tert-OH is 1. The highest BCUT2D eigenvalue weighted by Crippen LogP contribution is 1.77. The first-order valence-corrected chi connectivity index (χ1v) is 3.24. The second kappa shape index (κ2) is 3.72. The average Bonchev–Trinajstić information content (AvgIpc) is 2.06. The number of aromatic nitrogens is 2. The van der Waals surface area contributed by atoms with E-state index in [2.05, 4.69) is 10.1 Å². The van der Waals surface area contributed by atoms with Gasteiger partial charge in [-0.1, -0.05) is 0 Å². The maximum absolute atomic E-state index is 8.61. The summed E-state index contributed by atoms with van der Waals surface area (Å²) in [5, 5.41) is 12.0. The number of aliphatic hydroxyl groups is 1. The Kier molecular flexibility index (Phi) is 2.62. The number of hydrogen-bond donors (Lipinski definition) is 2. The molecular weight excluding hydrogens is 144 g/mol. The van der Waals surface area contributed by atoms with Crippen LogP contribution >= 0.6 is 0 Å². The van der Waals surface area contributed by atoms with E-state index in [4.69, 9.17) is 10.9 Å². The molecule has 5 heteroatoms. The molecule has 1 aromatic rings. The van der Waals surface area contributed by atoms with E-state index in [1.807, 2.05) is 0 Å². The maximum Gasteiger partial charge on any atom is 0.246 e. The van der Waals surface area contributed by atoms with Gasteiger partial charge in [-0.05, 0) is 6.07 Å². The number of nitrogens with two attached hydrogens (primary N) is 1. The summed E-state index contributed by atoms with van der Waals surface area (Å²) >= 11 is 0. The summed E-state index contributed by atoms with van der Waals surface area (Å²) in [5.41, 5.74) is 0.418. The molecule has 0 atom stereocenters. The molecule has 0 aliphatic carbocycles. The van der Waals surface area contributed by atoms with E-state index in [-0.39, 0.29) is 6.61 Å². The Hall–Kier alpha value is -1.36. The largest absolute Gasteiger partial charge is 0.395 e. The predicted molar refractivity (Wildman–Crippen MR) is 39.1 cm³/mol. The van der Waals surface area contributed by atoms with Gasteiger partial charge >= 0.3 is 0 Å². The van der Waals surface area contributed by atoms with E-state index >= 15 is 0 Å². The summed E-state index contributed by atoms with van der Waals surface area (Å²) in [4.78, 5) is 3.88. The van der Waals surface area contributed by atoms with Crippen molar-refractivity contribution in [3.63, 3.8) is 0 Å². The van der Waals surface area contributed by atoms with Crippen LogP contribution in [-0.2, 0) is 6.54 Å². The van der Waals surface area contributed by atoms with Crippen LogP contribution in [0, 0.1) is 0 Å². The highest BCUT2D eigenvalue weighted by atomic mass is 16.3. The predicted octanol–water partition coefficient (Wildman–Crippen LogP) is -1.35. The topological polar surface area (TPSA) is 76.4 Å². The van der Waals surface area contributed by atoms with Crippen molar-refractivity contribution < 1.29 is 5.11 Å². The van der Waals surface area contributed by atoms with Crippen molar-refractivity contribution in [3.05, 3.63) is 24.1 Å². The first-order chi connectivity index (χ1) is 5.38. The molecule has 3 N–H and O–H groups in total. The molecule has 0 aliphatic rings. The van der Waals surface area contributed by atoms with Gasteiger partial charge in [-0.2, -0.15) is 0 Å². The molecule has 0 aromatic carbocycles. The monoisotopic (exact) mass is 154 g/mol. The van der Waals surface area contributed by atoms with Crippen molar-refractivity contribution >= 4 is 0 Å². The molecule has 11 heavy (non-hydrogen) atoms. The Morgan fingerprint density at radius 2 is 2.55 bits per heavy atom. The molecule has 1 rings (SSSR count). The van der Waals surface area contributed by atoms with E-state index in [1.165, 1.54) is 0 Å². The SMILES string of the molecule is NN=c1ncccn1CCO. The van der Waals surface area contributed by atoms with E-state index < -0.39 is 0 Å². The van der Waals surface area contributed by atoms with Crippen molar-refractivity contribution in [2.45, 2.75) is 6.54 Å². The second-order valence-corrected chi connectivity index (χ2v) is 1.97. The van der Waals surface area contributed by atoms with Crippen LogP contribution in [0.3, 0.4) is 0 Å². The quantitative estimate of drug-likeness (QED) is 0.408. The zero-order chi connectivity index (χ0) is 8.10. The van der Waals surface area contributed by atoms with Gasteiger partial charge < -0.3 is 15.5 Å². The lowest BCUT2D eigenvalue weighted by Crippen LogP contribution is -2.26. The average molecular weight is 154 g/mol. The molecular formula is C6H10N4O. The van der Waals surface area contributed by atoms with Gasteiger partial charge in [0.15, 0.2) is 0 Å². The Balaban J connectivity index is 3.03. The van der Waals surface area contributed by atoms with Crippen molar-refractivity contribution in [2.75, 3.05) is 6.61 Å². The third-order valence-corrected chi connectivity index (χ3v) is 1.26. The van der Waals surface area contributed by atoms with E-state index in [9.17, 15) is 0 Å². The molecule has 0 saturated carbocycles. The lowest BCUT2D eigenvalue weighted by molar-refractivity contribution is 0.272. The smallest absolute Gasteiger partial charge is 0.246 e. The van der Waals surface area contributed by atoms with Crippen LogP contribution < -0.4 is 11.5 Å². The van der Waals surface area contributed by atoms with E-state index in [1.54, 1.807) is 23.0 Å². The third-order valence-electron chi connectivity index (χ3n) is 1.26. The Labute approximate surface area is 63.8 Å². The summed E-state index contributed by atoms with van der Waals surface area (Å²) in [7, 11) is 0. The van der Waals surface area contributed by atoms with Gasteiger partial charge in [-0.3, -0.25) is 0 Å². The molecule has 0 radical (unpaired) electrons. The molecule has 0 amide bonds. The van der Waals surface area contributed by atoms with Crippen molar-refractivity contribution in [1.82, 2.24) is 9.55 Å². The van der Waals surface area contributed by atoms with Gasteiger partial charge in [0.1, 0.15) is 0 Å². The van der Waals surface area contributed by atoms with Crippen LogP contribution in [0.15, 0.2) is 23.6 Å². The van der Waals surface area contributed by atoms with Gasteiger partial charge in [-0.25, -0.2) is 4.98 Å². The lowest BCUT2D eigenvalue weighted by atomic mass is 10.6. The van der Waals surface area contributed by atoms with Crippen molar-refractivity contribution in [3.8, 4) is 0 Å². The molecule has 1 aromatic heterocycles. The van der Waals surface area contributed by atoms with Gasteiger partial charge in [-0.15, -0.1) is 5.10 Å². The zero-order valence-electron chi connectivity index (χ0n) is 6.01. The lowest BCUT2D eigenvalue weighted by Gasteiger charge is -2.01. The summed E-state index contributed by atoms with van der Waals surface area (Å²) in [6, 6.07) is 1.75. The Morgan fingerprint density at radius 3 is 3.18 bits per heavy atom. The minimum absolute atomic E-state index is 0.0544. The molecule has 60 valence electrons. The van der Waals surface area contributed by atoms with Gasteiger partial charge in [0.05, 0.1) is 6.61 Å². The van der Waals surface area contributed by atoms with Crippen LogP contribution in [0.2, 0.25) is 0 Å². The highest BCUT2D eigenvalue weighted by Gasteiger charge is 1.89. The van der Waals surface area contributed by atoms with Crippen LogP contribution in [0.5, 0.6) is 0 Å². The van der Waals surface area contributed by atoms with E-state index in [0.717, 1.165) is 0 Å². The van der Waals surface area contributed by atoms with Crippen molar-refractivity contribution in [1.29, 1.82) is 0 Å². The molecule has 1 heterocycles. The standard InChI is InChI=1S/C6H10N4O/c7-9-6-8-2-1-3-10(6)4-5-11/h1-3,11H,4-5,7H2. The van der Waals surface area contributed by atoms with Gasteiger partial charge in [0, 0.05) is 18.9 Å².